The smallest absolute Gasteiger partial charge is 0.341 e. The molecule has 4 rings (SSSR count). The SMILES string of the molecule is CCOC(=O)c1c(NC(=O)C(C)OC(=O)c2ccc3nc[nH]c3c2)sc2c1CCCCC2. The molecule has 1 aliphatic carbocycles. The molecule has 0 aliphatic heterocycles. The van der Waals surface area contributed by atoms with Gasteiger partial charge in [0, 0.05) is 4.88 Å². The summed E-state index contributed by atoms with van der Waals surface area (Å²) in [5.41, 5.74) is 3.16. The van der Waals surface area contributed by atoms with Gasteiger partial charge in [-0.1, -0.05) is 6.42 Å². The molecule has 2 aromatic heterocycles. The van der Waals surface area contributed by atoms with Crippen molar-refractivity contribution in [1.29, 1.82) is 0 Å². The standard InChI is InChI=1S/C23H25N3O5S/c1-3-30-23(29)19-15-7-5-4-6-8-18(15)32-21(19)26-20(27)13(2)31-22(28)14-9-10-16-17(11-14)25-12-24-16/h9-13H,3-8H2,1-2H3,(H,24,25)(H,26,27). The molecule has 2 N–H and O–H groups in total. The summed E-state index contributed by atoms with van der Waals surface area (Å²) < 4.78 is 10.6. The van der Waals surface area contributed by atoms with Crippen molar-refractivity contribution in [2.75, 3.05) is 11.9 Å². The van der Waals surface area contributed by atoms with Crippen LogP contribution in [-0.2, 0) is 27.1 Å². The lowest BCUT2D eigenvalue weighted by Crippen LogP contribution is -2.30. The summed E-state index contributed by atoms with van der Waals surface area (Å²) in [6.07, 6.45) is 5.33. The van der Waals surface area contributed by atoms with Gasteiger partial charge in [-0.25, -0.2) is 14.6 Å². The molecule has 3 aromatic rings. The molecule has 2 heterocycles. The van der Waals surface area contributed by atoms with Crippen molar-refractivity contribution < 1.29 is 23.9 Å². The number of H-pyrrole nitrogens is 1. The molecule has 1 amide bonds. The van der Waals surface area contributed by atoms with Crippen LogP contribution in [0, 0.1) is 0 Å². The number of carbonyl (C=O) groups is 3. The van der Waals surface area contributed by atoms with Crippen LogP contribution in [0.1, 0.15) is 64.3 Å². The van der Waals surface area contributed by atoms with Gasteiger partial charge in [0.15, 0.2) is 6.10 Å². The molecule has 0 bridgehead atoms. The Morgan fingerprint density at radius 3 is 2.81 bits per heavy atom. The van der Waals surface area contributed by atoms with E-state index in [1.165, 1.54) is 18.3 Å². The Morgan fingerprint density at radius 1 is 1.19 bits per heavy atom. The molecule has 0 spiro atoms. The van der Waals surface area contributed by atoms with Gasteiger partial charge in [0.1, 0.15) is 5.00 Å². The monoisotopic (exact) mass is 455 g/mol. The van der Waals surface area contributed by atoms with Crippen LogP contribution in [0.5, 0.6) is 0 Å². The average molecular weight is 456 g/mol. The molecule has 168 valence electrons. The molecule has 8 nitrogen and oxygen atoms in total. The molecule has 0 fully saturated rings. The van der Waals surface area contributed by atoms with Gasteiger partial charge in [0.05, 0.1) is 35.1 Å². The third-order valence-corrected chi connectivity index (χ3v) is 6.65. The number of aryl methyl sites for hydroxylation is 1. The quantitative estimate of drug-likeness (QED) is 0.425. The Balaban J connectivity index is 1.50. The fourth-order valence-electron chi connectivity index (χ4n) is 3.81. The largest absolute Gasteiger partial charge is 0.462 e. The van der Waals surface area contributed by atoms with Crippen molar-refractivity contribution in [2.24, 2.45) is 0 Å². The first-order valence-corrected chi connectivity index (χ1v) is 11.6. The fourth-order valence-corrected chi connectivity index (χ4v) is 5.09. The third-order valence-electron chi connectivity index (χ3n) is 5.45. The Bertz CT molecular complexity index is 1170. The fraction of sp³-hybridized carbons (Fsp3) is 0.391. The number of carbonyl (C=O) groups excluding carboxylic acids is 3. The normalized spacial score (nSPS) is 14.3. The molecule has 1 atom stereocenters. The summed E-state index contributed by atoms with van der Waals surface area (Å²) in [7, 11) is 0. The van der Waals surface area contributed by atoms with Crippen LogP contribution < -0.4 is 5.32 Å². The van der Waals surface area contributed by atoms with Crippen LogP contribution in [0.3, 0.4) is 0 Å². The second-order valence-corrected chi connectivity index (χ2v) is 8.77. The molecular weight excluding hydrogens is 430 g/mol. The lowest BCUT2D eigenvalue weighted by molar-refractivity contribution is -0.123. The summed E-state index contributed by atoms with van der Waals surface area (Å²) in [6, 6.07) is 4.94. The van der Waals surface area contributed by atoms with Gasteiger partial charge in [0.2, 0.25) is 0 Å². The van der Waals surface area contributed by atoms with Crippen LogP contribution in [0.4, 0.5) is 5.00 Å². The van der Waals surface area contributed by atoms with Crippen LogP contribution >= 0.6 is 11.3 Å². The predicted molar refractivity (Wildman–Crippen MR) is 121 cm³/mol. The van der Waals surface area contributed by atoms with E-state index >= 15 is 0 Å². The van der Waals surface area contributed by atoms with Crippen LogP contribution in [-0.4, -0.2) is 40.5 Å². The number of thiophene rings is 1. The van der Waals surface area contributed by atoms with E-state index in [-0.39, 0.29) is 6.61 Å². The van der Waals surface area contributed by atoms with Gasteiger partial charge in [0.25, 0.3) is 5.91 Å². The average Bonchev–Trinajstić information content (AvgIpc) is 3.30. The highest BCUT2D eigenvalue weighted by Crippen LogP contribution is 2.38. The summed E-state index contributed by atoms with van der Waals surface area (Å²) >= 11 is 1.41. The van der Waals surface area contributed by atoms with E-state index in [2.05, 4.69) is 15.3 Å². The Labute approximate surface area is 189 Å². The van der Waals surface area contributed by atoms with Crippen molar-refractivity contribution in [1.82, 2.24) is 9.97 Å². The topological polar surface area (TPSA) is 110 Å². The minimum Gasteiger partial charge on any atom is -0.462 e. The molecule has 1 unspecified atom stereocenters. The zero-order valence-corrected chi connectivity index (χ0v) is 18.8. The predicted octanol–water partition coefficient (Wildman–Crippen LogP) is 4.25. The first-order chi connectivity index (χ1) is 15.5. The minimum atomic E-state index is -1.04. The molecular formula is C23H25N3O5S. The number of nitrogens with one attached hydrogen (secondary N) is 2. The second kappa shape index (κ2) is 9.52. The van der Waals surface area contributed by atoms with E-state index in [0.717, 1.165) is 48.1 Å². The van der Waals surface area contributed by atoms with Gasteiger partial charge in [-0.05, 0) is 63.3 Å². The van der Waals surface area contributed by atoms with Crippen LogP contribution in [0.15, 0.2) is 24.5 Å². The van der Waals surface area contributed by atoms with Gasteiger partial charge in [-0.2, -0.15) is 0 Å². The lowest BCUT2D eigenvalue weighted by atomic mass is 10.1. The maximum atomic E-state index is 12.8. The summed E-state index contributed by atoms with van der Waals surface area (Å²) in [4.78, 5) is 46.2. The van der Waals surface area contributed by atoms with E-state index < -0.39 is 23.9 Å². The number of rotatable bonds is 6. The first kappa shape index (κ1) is 22.0. The number of fused-ring (bicyclic) bond motifs is 2. The van der Waals surface area contributed by atoms with Gasteiger partial charge >= 0.3 is 11.9 Å². The van der Waals surface area contributed by atoms with Crippen molar-refractivity contribution in [3.8, 4) is 0 Å². The van der Waals surface area contributed by atoms with E-state index in [1.807, 2.05) is 0 Å². The van der Waals surface area contributed by atoms with Crippen molar-refractivity contribution in [3.63, 3.8) is 0 Å². The highest BCUT2D eigenvalue weighted by atomic mass is 32.1. The number of esters is 2. The first-order valence-electron chi connectivity index (χ1n) is 10.7. The molecule has 0 saturated carbocycles. The van der Waals surface area contributed by atoms with Gasteiger partial charge in [-0.15, -0.1) is 11.3 Å². The number of hydrogen-bond acceptors (Lipinski definition) is 7. The Morgan fingerprint density at radius 2 is 2.00 bits per heavy atom. The lowest BCUT2D eigenvalue weighted by Gasteiger charge is -2.14. The second-order valence-electron chi connectivity index (χ2n) is 7.66. The molecule has 0 radical (unpaired) electrons. The van der Waals surface area contributed by atoms with E-state index in [4.69, 9.17) is 9.47 Å². The summed E-state index contributed by atoms with van der Waals surface area (Å²) in [5.74, 6) is -1.54. The van der Waals surface area contributed by atoms with Crippen molar-refractivity contribution in [3.05, 3.63) is 46.1 Å². The number of benzene rings is 1. The zero-order valence-electron chi connectivity index (χ0n) is 18.0. The van der Waals surface area contributed by atoms with E-state index in [9.17, 15) is 14.4 Å². The maximum Gasteiger partial charge on any atom is 0.341 e. The van der Waals surface area contributed by atoms with E-state index in [1.54, 1.807) is 31.5 Å². The summed E-state index contributed by atoms with van der Waals surface area (Å²) in [6.45, 7) is 3.51. The number of aromatic nitrogens is 2. The van der Waals surface area contributed by atoms with Gasteiger partial charge < -0.3 is 19.8 Å². The minimum absolute atomic E-state index is 0.255. The highest BCUT2D eigenvalue weighted by Gasteiger charge is 2.28. The number of nitrogens with zero attached hydrogens (tertiary/aromatic N) is 1. The molecule has 9 heteroatoms. The molecule has 0 saturated heterocycles. The van der Waals surface area contributed by atoms with Gasteiger partial charge in [-0.3, -0.25) is 4.79 Å². The molecule has 1 aliphatic rings. The zero-order chi connectivity index (χ0) is 22.7. The number of hydrogen-bond donors (Lipinski definition) is 2. The number of ether oxygens (including phenoxy) is 2. The molecule has 32 heavy (non-hydrogen) atoms. The Hall–Kier alpha value is -3.20. The third kappa shape index (κ3) is 4.52. The number of imidazole rings is 1. The maximum absolute atomic E-state index is 12.8. The number of anilines is 1. The van der Waals surface area contributed by atoms with E-state index in [0.29, 0.717) is 21.6 Å². The number of amides is 1. The van der Waals surface area contributed by atoms with Crippen molar-refractivity contribution >= 4 is 45.2 Å². The molecule has 1 aromatic carbocycles. The van der Waals surface area contributed by atoms with Crippen LogP contribution in [0.2, 0.25) is 0 Å². The summed E-state index contributed by atoms with van der Waals surface area (Å²) in [5, 5.41) is 3.26. The van der Waals surface area contributed by atoms with Crippen LogP contribution in [0.25, 0.3) is 11.0 Å². The highest BCUT2D eigenvalue weighted by molar-refractivity contribution is 7.17. The number of aromatic amines is 1. The van der Waals surface area contributed by atoms with Crippen molar-refractivity contribution in [2.45, 2.75) is 52.1 Å². The Kier molecular flexibility index (Phi) is 6.55.